The summed E-state index contributed by atoms with van der Waals surface area (Å²) >= 11 is 0. The number of amides is 1. The molecule has 0 atom stereocenters. The first-order valence-electron chi connectivity index (χ1n) is 6.51. The smallest absolute Gasteiger partial charge is 0.262 e. The lowest BCUT2D eigenvalue weighted by molar-refractivity contribution is -0.118. The number of nitrogens with two attached hydrogens (primary N) is 1. The van der Waals surface area contributed by atoms with Crippen LogP contribution >= 0.6 is 0 Å². The minimum Gasteiger partial charge on any atom is -0.481 e. The maximum absolute atomic E-state index is 13.7. The van der Waals surface area contributed by atoms with Crippen LogP contribution in [0, 0.1) is 19.7 Å². The number of nitrogen functional groups attached to an aromatic ring is 1. The molecule has 5 heteroatoms. The number of anilines is 2. The van der Waals surface area contributed by atoms with Crippen molar-refractivity contribution in [3.8, 4) is 5.75 Å². The van der Waals surface area contributed by atoms with Gasteiger partial charge in [0.05, 0.1) is 0 Å². The van der Waals surface area contributed by atoms with Crippen LogP contribution in [-0.2, 0) is 4.79 Å². The van der Waals surface area contributed by atoms with Gasteiger partial charge in [0, 0.05) is 11.4 Å². The average Bonchev–Trinajstić information content (AvgIpc) is 2.44. The summed E-state index contributed by atoms with van der Waals surface area (Å²) in [7, 11) is 0. The van der Waals surface area contributed by atoms with E-state index in [0.717, 1.165) is 5.56 Å². The van der Waals surface area contributed by atoms with Crippen LogP contribution in [-0.4, -0.2) is 12.5 Å². The molecule has 0 aromatic heterocycles. The molecule has 0 bridgehead atoms. The zero-order valence-corrected chi connectivity index (χ0v) is 11.9. The zero-order valence-electron chi connectivity index (χ0n) is 11.9. The summed E-state index contributed by atoms with van der Waals surface area (Å²) in [4.78, 5) is 11.8. The highest BCUT2D eigenvalue weighted by molar-refractivity contribution is 5.93. The molecule has 110 valence electrons. The predicted octanol–water partition coefficient (Wildman–Crippen LogP) is 3.04. The Labute approximate surface area is 122 Å². The summed E-state index contributed by atoms with van der Waals surface area (Å²) in [5.41, 5.74) is 8.21. The van der Waals surface area contributed by atoms with E-state index in [1.54, 1.807) is 31.2 Å². The molecule has 0 fully saturated rings. The first kappa shape index (κ1) is 14.8. The number of rotatable bonds is 4. The van der Waals surface area contributed by atoms with Crippen LogP contribution in [0.4, 0.5) is 15.8 Å². The summed E-state index contributed by atoms with van der Waals surface area (Å²) in [6.07, 6.45) is 0. The van der Waals surface area contributed by atoms with Crippen molar-refractivity contribution in [1.82, 2.24) is 0 Å². The summed E-state index contributed by atoms with van der Waals surface area (Å²) in [5, 5.41) is 2.69. The molecular weight excluding hydrogens is 271 g/mol. The van der Waals surface area contributed by atoms with Gasteiger partial charge in [-0.2, -0.15) is 0 Å². The molecule has 1 amide bonds. The van der Waals surface area contributed by atoms with Crippen LogP contribution in [0.2, 0.25) is 0 Å². The van der Waals surface area contributed by atoms with Crippen molar-refractivity contribution in [2.45, 2.75) is 13.8 Å². The standard InChI is InChI=1S/C16H17FN2O2/c1-10-6-7-12(18)8-13(10)19-15(20)9-21-14-5-3-4-11(2)16(14)17/h3-8H,9,18H2,1-2H3,(H,19,20). The number of halogens is 1. The normalized spacial score (nSPS) is 10.2. The molecule has 0 saturated carbocycles. The number of nitrogens with one attached hydrogen (secondary N) is 1. The van der Waals surface area contributed by atoms with Gasteiger partial charge in [0.15, 0.2) is 18.2 Å². The lowest BCUT2D eigenvalue weighted by Gasteiger charge is -2.11. The number of hydrogen-bond donors (Lipinski definition) is 2. The van der Waals surface area contributed by atoms with E-state index in [9.17, 15) is 9.18 Å². The SMILES string of the molecule is Cc1ccc(N)cc1NC(=O)COc1cccc(C)c1F. The minimum atomic E-state index is -0.453. The van der Waals surface area contributed by atoms with Crippen molar-refractivity contribution in [1.29, 1.82) is 0 Å². The highest BCUT2D eigenvalue weighted by Gasteiger charge is 2.10. The molecule has 0 aliphatic heterocycles. The minimum absolute atomic E-state index is 0.0643. The second kappa shape index (κ2) is 6.26. The Bertz CT molecular complexity index is 671. The molecule has 2 rings (SSSR count). The third-order valence-electron chi connectivity index (χ3n) is 3.05. The Morgan fingerprint density at radius 1 is 1.24 bits per heavy atom. The van der Waals surface area contributed by atoms with E-state index in [-0.39, 0.29) is 18.3 Å². The maximum atomic E-state index is 13.7. The second-order valence-corrected chi connectivity index (χ2v) is 4.80. The first-order chi connectivity index (χ1) is 9.97. The fourth-order valence-electron chi connectivity index (χ4n) is 1.84. The second-order valence-electron chi connectivity index (χ2n) is 4.80. The maximum Gasteiger partial charge on any atom is 0.262 e. The average molecular weight is 288 g/mol. The molecule has 0 heterocycles. The third-order valence-corrected chi connectivity index (χ3v) is 3.05. The first-order valence-corrected chi connectivity index (χ1v) is 6.51. The van der Waals surface area contributed by atoms with E-state index in [1.807, 2.05) is 13.0 Å². The van der Waals surface area contributed by atoms with Crippen LogP contribution in [0.25, 0.3) is 0 Å². The molecular formula is C16H17FN2O2. The fraction of sp³-hybridized carbons (Fsp3) is 0.188. The quantitative estimate of drug-likeness (QED) is 0.850. The van der Waals surface area contributed by atoms with Crippen LogP contribution in [0.1, 0.15) is 11.1 Å². The number of ether oxygens (including phenoxy) is 1. The Hall–Kier alpha value is -2.56. The van der Waals surface area contributed by atoms with Crippen molar-refractivity contribution in [3.63, 3.8) is 0 Å². The monoisotopic (exact) mass is 288 g/mol. The van der Waals surface area contributed by atoms with Gasteiger partial charge in [-0.05, 0) is 43.2 Å². The van der Waals surface area contributed by atoms with Crippen molar-refractivity contribution >= 4 is 17.3 Å². The number of carbonyl (C=O) groups excluding carboxylic acids is 1. The van der Waals surface area contributed by atoms with Gasteiger partial charge in [0.25, 0.3) is 5.91 Å². The van der Waals surface area contributed by atoms with Crippen molar-refractivity contribution in [2.24, 2.45) is 0 Å². The van der Waals surface area contributed by atoms with Gasteiger partial charge in [-0.1, -0.05) is 18.2 Å². The summed E-state index contributed by atoms with van der Waals surface area (Å²) in [6.45, 7) is 3.23. The van der Waals surface area contributed by atoms with E-state index < -0.39 is 5.82 Å². The molecule has 0 spiro atoms. The van der Waals surface area contributed by atoms with Gasteiger partial charge < -0.3 is 15.8 Å². The van der Waals surface area contributed by atoms with Gasteiger partial charge in [0.2, 0.25) is 0 Å². The molecule has 0 aliphatic rings. The van der Waals surface area contributed by atoms with E-state index in [0.29, 0.717) is 16.9 Å². The van der Waals surface area contributed by atoms with E-state index in [2.05, 4.69) is 5.32 Å². The molecule has 4 nitrogen and oxygen atoms in total. The summed E-state index contributed by atoms with van der Waals surface area (Å²) in [6, 6.07) is 10.0. The van der Waals surface area contributed by atoms with Gasteiger partial charge in [0.1, 0.15) is 0 Å². The Kier molecular flexibility index (Phi) is 4.42. The molecule has 0 saturated heterocycles. The molecule has 2 aromatic rings. The van der Waals surface area contributed by atoms with Crippen LogP contribution in [0.15, 0.2) is 36.4 Å². The largest absolute Gasteiger partial charge is 0.481 e. The molecule has 3 N–H and O–H groups in total. The lowest BCUT2D eigenvalue weighted by atomic mass is 10.2. The Morgan fingerprint density at radius 2 is 2.00 bits per heavy atom. The Balaban J connectivity index is 1.99. The van der Waals surface area contributed by atoms with E-state index >= 15 is 0 Å². The van der Waals surface area contributed by atoms with E-state index in [4.69, 9.17) is 10.5 Å². The highest BCUT2D eigenvalue weighted by Crippen LogP contribution is 2.20. The molecule has 0 radical (unpaired) electrons. The van der Waals surface area contributed by atoms with E-state index in [1.165, 1.54) is 6.07 Å². The van der Waals surface area contributed by atoms with Crippen molar-refractivity contribution in [3.05, 3.63) is 53.3 Å². The summed E-state index contributed by atoms with van der Waals surface area (Å²) in [5.74, 6) is -0.760. The highest BCUT2D eigenvalue weighted by atomic mass is 19.1. The van der Waals surface area contributed by atoms with Crippen LogP contribution in [0.3, 0.4) is 0 Å². The van der Waals surface area contributed by atoms with Crippen LogP contribution < -0.4 is 15.8 Å². The fourth-order valence-corrected chi connectivity index (χ4v) is 1.84. The zero-order chi connectivity index (χ0) is 15.4. The lowest BCUT2D eigenvalue weighted by Crippen LogP contribution is -2.21. The number of carbonyl (C=O) groups is 1. The van der Waals surface area contributed by atoms with Gasteiger partial charge in [-0.15, -0.1) is 0 Å². The molecule has 0 aliphatic carbocycles. The summed E-state index contributed by atoms with van der Waals surface area (Å²) < 4.78 is 18.9. The molecule has 0 unspecified atom stereocenters. The van der Waals surface area contributed by atoms with Gasteiger partial charge in [-0.3, -0.25) is 4.79 Å². The predicted molar refractivity (Wildman–Crippen MR) is 80.9 cm³/mol. The molecule has 21 heavy (non-hydrogen) atoms. The van der Waals surface area contributed by atoms with Crippen LogP contribution in [0.5, 0.6) is 5.75 Å². The van der Waals surface area contributed by atoms with Crippen molar-refractivity contribution in [2.75, 3.05) is 17.7 Å². The van der Waals surface area contributed by atoms with Gasteiger partial charge in [-0.25, -0.2) is 4.39 Å². The number of hydrogen-bond acceptors (Lipinski definition) is 3. The number of benzene rings is 2. The topological polar surface area (TPSA) is 64.3 Å². The number of aryl methyl sites for hydroxylation is 2. The third kappa shape index (κ3) is 3.72. The Morgan fingerprint density at radius 3 is 2.76 bits per heavy atom. The van der Waals surface area contributed by atoms with Crippen molar-refractivity contribution < 1.29 is 13.9 Å². The van der Waals surface area contributed by atoms with Gasteiger partial charge >= 0.3 is 0 Å². The molecule has 2 aromatic carbocycles.